The maximum absolute atomic E-state index is 12.5. The summed E-state index contributed by atoms with van der Waals surface area (Å²) in [7, 11) is 3.50. The summed E-state index contributed by atoms with van der Waals surface area (Å²) in [5, 5.41) is 0. The summed E-state index contributed by atoms with van der Waals surface area (Å²) in [6, 6.07) is 16.3. The highest BCUT2D eigenvalue weighted by Gasteiger charge is 2.13. The Hall–Kier alpha value is -2.49. The van der Waals surface area contributed by atoms with Gasteiger partial charge in [-0.25, -0.2) is 0 Å². The van der Waals surface area contributed by atoms with Gasteiger partial charge in [0.15, 0.2) is 0 Å². The predicted molar refractivity (Wildman–Crippen MR) is 106 cm³/mol. The highest BCUT2D eigenvalue weighted by Crippen LogP contribution is 2.21. The van der Waals surface area contributed by atoms with E-state index < -0.39 is 0 Å². The van der Waals surface area contributed by atoms with Gasteiger partial charge >= 0.3 is 0 Å². The minimum absolute atomic E-state index is 0.110. The molecule has 0 radical (unpaired) electrons. The van der Waals surface area contributed by atoms with Crippen molar-refractivity contribution in [2.45, 2.75) is 32.2 Å². The van der Waals surface area contributed by atoms with Crippen LogP contribution in [0.15, 0.2) is 48.5 Å². The first-order valence-electron chi connectivity index (χ1n) is 9.36. The highest BCUT2D eigenvalue weighted by atomic mass is 16.5. The van der Waals surface area contributed by atoms with Crippen molar-refractivity contribution in [2.24, 2.45) is 0 Å². The lowest BCUT2D eigenvalue weighted by Gasteiger charge is -2.29. The molecule has 1 heterocycles. The molecule has 138 valence electrons. The van der Waals surface area contributed by atoms with Crippen LogP contribution in [-0.2, 0) is 17.8 Å². The first kappa shape index (κ1) is 18.3. The van der Waals surface area contributed by atoms with Gasteiger partial charge in [0.25, 0.3) is 0 Å². The summed E-state index contributed by atoms with van der Waals surface area (Å²) in [5.74, 6) is 0.893. The minimum atomic E-state index is 0.110. The average Bonchev–Trinajstić information content (AvgIpc) is 2.69. The number of carbonyl (C=O) groups is 1. The molecule has 0 saturated carbocycles. The van der Waals surface area contributed by atoms with Crippen LogP contribution in [-0.4, -0.2) is 38.1 Å². The molecule has 3 rings (SSSR count). The summed E-state index contributed by atoms with van der Waals surface area (Å²) in [4.78, 5) is 16.7. The fourth-order valence-corrected chi connectivity index (χ4v) is 3.42. The zero-order valence-corrected chi connectivity index (χ0v) is 15.8. The van der Waals surface area contributed by atoms with Crippen LogP contribution in [0.2, 0.25) is 0 Å². The van der Waals surface area contributed by atoms with Crippen molar-refractivity contribution in [3.8, 4) is 5.75 Å². The minimum Gasteiger partial charge on any atom is -0.497 e. The van der Waals surface area contributed by atoms with E-state index in [9.17, 15) is 4.79 Å². The molecule has 0 aromatic heterocycles. The van der Waals surface area contributed by atoms with Gasteiger partial charge in [-0.05, 0) is 54.7 Å². The van der Waals surface area contributed by atoms with E-state index in [2.05, 4.69) is 29.2 Å². The molecule has 4 nitrogen and oxygen atoms in total. The Bertz CT molecular complexity index is 721. The third-order valence-corrected chi connectivity index (χ3v) is 4.99. The van der Waals surface area contributed by atoms with Gasteiger partial charge in [-0.2, -0.15) is 0 Å². The van der Waals surface area contributed by atoms with E-state index in [1.165, 1.54) is 24.9 Å². The topological polar surface area (TPSA) is 32.8 Å². The molecule has 26 heavy (non-hydrogen) atoms. The SMILES string of the molecule is COc1cccc(CC(=O)N(C)Cc2ccc(N3CCCCC3)cc2)c1. The van der Waals surface area contributed by atoms with E-state index in [0.29, 0.717) is 13.0 Å². The van der Waals surface area contributed by atoms with Crippen molar-refractivity contribution in [1.82, 2.24) is 4.90 Å². The Balaban J connectivity index is 1.56. The standard InChI is InChI=1S/C22H28N2O2/c1-23(22(25)16-19-7-6-8-21(15-19)26-2)17-18-9-11-20(12-10-18)24-13-4-3-5-14-24/h6-12,15H,3-5,13-14,16-17H2,1-2H3. The van der Waals surface area contributed by atoms with Crippen LogP contribution < -0.4 is 9.64 Å². The van der Waals surface area contributed by atoms with Crippen LogP contribution in [0.25, 0.3) is 0 Å². The van der Waals surface area contributed by atoms with Crippen LogP contribution in [0.5, 0.6) is 5.75 Å². The summed E-state index contributed by atoms with van der Waals surface area (Å²) >= 11 is 0. The average molecular weight is 352 g/mol. The molecule has 0 aliphatic carbocycles. The van der Waals surface area contributed by atoms with Gasteiger partial charge in [0.2, 0.25) is 5.91 Å². The molecule has 1 fully saturated rings. The number of piperidine rings is 1. The van der Waals surface area contributed by atoms with Crippen LogP contribution in [0.4, 0.5) is 5.69 Å². The van der Waals surface area contributed by atoms with Crippen LogP contribution in [0.1, 0.15) is 30.4 Å². The number of nitrogens with zero attached hydrogens (tertiary/aromatic N) is 2. The lowest BCUT2D eigenvalue weighted by atomic mass is 10.1. The molecule has 2 aromatic rings. The Kier molecular flexibility index (Phi) is 6.16. The second-order valence-corrected chi connectivity index (χ2v) is 6.99. The largest absolute Gasteiger partial charge is 0.497 e. The van der Waals surface area contributed by atoms with E-state index in [-0.39, 0.29) is 5.91 Å². The summed E-state index contributed by atoms with van der Waals surface area (Å²) < 4.78 is 5.22. The Labute approximate surface area is 156 Å². The molecule has 0 atom stereocenters. The summed E-state index contributed by atoms with van der Waals surface area (Å²) in [6.07, 6.45) is 4.29. The first-order valence-corrected chi connectivity index (χ1v) is 9.36. The molecular formula is C22H28N2O2. The van der Waals surface area contributed by atoms with Gasteiger partial charge in [-0.3, -0.25) is 4.79 Å². The number of methoxy groups -OCH3 is 1. The molecule has 1 aliphatic heterocycles. The number of benzene rings is 2. The van der Waals surface area contributed by atoms with Crippen LogP contribution in [0.3, 0.4) is 0 Å². The number of amides is 1. The normalized spacial score (nSPS) is 14.2. The first-order chi connectivity index (χ1) is 12.7. The van der Waals surface area contributed by atoms with E-state index in [1.54, 1.807) is 12.0 Å². The molecule has 2 aromatic carbocycles. The van der Waals surface area contributed by atoms with E-state index in [0.717, 1.165) is 30.0 Å². The van der Waals surface area contributed by atoms with Gasteiger partial charge in [0, 0.05) is 32.4 Å². The Morgan fingerprint density at radius 2 is 1.77 bits per heavy atom. The van der Waals surface area contributed by atoms with Crippen molar-refractivity contribution in [3.05, 3.63) is 59.7 Å². The molecule has 1 saturated heterocycles. The predicted octanol–water partition coefficient (Wildman–Crippen LogP) is 3.89. The maximum Gasteiger partial charge on any atom is 0.227 e. The number of hydrogen-bond donors (Lipinski definition) is 0. The zero-order valence-electron chi connectivity index (χ0n) is 15.8. The molecule has 0 N–H and O–H groups in total. The number of rotatable bonds is 6. The summed E-state index contributed by atoms with van der Waals surface area (Å²) in [5.41, 5.74) is 3.42. The smallest absolute Gasteiger partial charge is 0.227 e. The molecule has 1 aliphatic rings. The van der Waals surface area contributed by atoms with Gasteiger partial charge in [0.1, 0.15) is 5.75 Å². The molecule has 4 heteroatoms. The quantitative estimate of drug-likeness (QED) is 0.791. The van der Waals surface area contributed by atoms with E-state index in [4.69, 9.17) is 4.74 Å². The molecule has 0 spiro atoms. The molecule has 1 amide bonds. The molecular weight excluding hydrogens is 324 g/mol. The van der Waals surface area contributed by atoms with Crippen molar-refractivity contribution in [1.29, 1.82) is 0 Å². The van der Waals surface area contributed by atoms with Crippen molar-refractivity contribution in [2.75, 3.05) is 32.1 Å². The van der Waals surface area contributed by atoms with Crippen LogP contribution in [0, 0.1) is 0 Å². The van der Waals surface area contributed by atoms with Gasteiger partial charge in [-0.15, -0.1) is 0 Å². The fourth-order valence-electron chi connectivity index (χ4n) is 3.42. The number of likely N-dealkylation sites (N-methyl/N-ethyl adjacent to an activating group) is 1. The highest BCUT2D eigenvalue weighted by molar-refractivity contribution is 5.78. The van der Waals surface area contributed by atoms with Crippen LogP contribution >= 0.6 is 0 Å². The van der Waals surface area contributed by atoms with E-state index in [1.807, 2.05) is 31.3 Å². The number of ether oxygens (including phenoxy) is 1. The fraction of sp³-hybridized carbons (Fsp3) is 0.409. The second-order valence-electron chi connectivity index (χ2n) is 6.99. The lowest BCUT2D eigenvalue weighted by molar-refractivity contribution is -0.129. The molecule has 0 bridgehead atoms. The second kappa shape index (κ2) is 8.75. The van der Waals surface area contributed by atoms with Crippen molar-refractivity contribution < 1.29 is 9.53 Å². The van der Waals surface area contributed by atoms with Gasteiger partial charge in [-0.1, -0.05) is 24.3 Å². The zero-order chi connectivity index (χ0) is 18.4. The van der Waals surface area contributed by atoms with Crippen molar-refractivity contribution in [3.63, 3.8) is 0 Å². The summed E-state index contributed by atoms with van der Waals surface area (Å²) in [6.45, 7) is 2.93. The monoisotopic (exact) mass is 352 g/mol. The Morgan fingerprint density at radius 1 is 1.04 bits per heavy atom. The number of hydrogen-bond acceptors (Lipinski definition) is 3. The van der Waals surface area contributed by atoms with Gasteiger partial charge < -0.3 is 14.5 Å². The number of carbonyl (C=O) groups excluding carboxylic acids is 1. The molecule has 0 unspecified atom stereocenters. The third-order valence-electron chi connectivity index (χ3n) is 4.99. The third kappa shape index (κ3) is 4.78. The lowest BCUT2D eigenvalue weighted by Crippen LogP contribution is -2.29. The van der Waals surface area contributed by atoms with Gasteiger partial charge in [0.05, 0.1) is 13.5 Å². The van der Waals surface area contributed by atoms with E-state index >= 15 is 0 Å². The Morgan fingerprint density at radius 3 is 2.46 bits per heavy atom. The number of anilines is 1. The maximum atomic E-state index is 12.5. The van der Waals surface area contributed by atoms with Crippen molar-refractivity contribution >= 4 is 11.6 Å².